The van der Waals surface area contributed by atoms with Crippen molar-refractivity contribution in [2.24, 2.45) is 0 Å². The van der Waals surface area contributed by atoms with Crippen molar-refractivity contribution in [3.63, 3.8) is 0 Å². The maximum absolute atomic E-state index is 11.6. The number of nitrogens with one attached hydrogen (secondary N) is 1. The van der Waals surface area contributed by atoms with E-state index in [-0.39, 0.29) is 11.8 Å². The van der Waals surface area contributed by atoms with Gasteiger partial charge in [0.1, 0.15) is 0 Å². The Morgan fingerprint density at radius 1 is 1.12 bits per heavy atom. The van der Waals surface area contributed by atoms with E-state index in [9.17, 15) is 9.59 Å². The van der Waals surface area contributed by atoms with E-state index in [1.54, 1.807) is 30.5 Å². The molecule has 0 saturated carbocycles. The minimum Gasteiger partial charge on any atom is -0.288 e. The third kappa shape index (κ3) is 1.86. The Hall–Kier alpha value is -1.26. The number of rotatable bonds is 2. The van der Waals surface area contributed by atoms with Crippen LogP contribution in [0.15, 0.2) is 29.2 Å². The fourth-order valence-corrected chi connectivity index (χ4v) is 2.29. The van der Waals surface area contributed by atoms with Crippen LogP contribution < -0.4 is 5.32 Å². The molecule has 16 heavy (non-hydrogen) atoms. The Morgan fingerprint density at radius 2 is 1.75 bits per heavy atom. The van der Waals surface area contributed by atoms with Crippen molar-refractivity contribution in [2.45, 2.75) is 0 Å². The quantitative estimate of drug-likeness (QED) is 0.821. The third-order valence-corrected chi connectivity index (χ3v) is 3.27. The Bertz CT molecular complexity index is 493. The van der Waals surface area contributed by atoms with E-state index >= 15 is 0 Å². The van der Waals surface area contributed by atoms with Crippen molar-refractivity contribution in [1.82, 2.24) is 5.32 Å². The predicted octanol–water partition coefficient (Wildman–Crippen LogP) is 2.07. The van der Waals surface area contributed by atoms with Crippen LogP contribution in [0.4, 0.5) is 0 Å². The first-order valence-corrected chi connectivity index (χ1v) is 6.13. The lowest BCUT2D eigenvalue weighted by Gasteiger charge is -2.01. The van der Waals surface area contributed by atoms with Crippen molar-refractivity contribution < 1.29 is 9.59 Å². The number of carbonyl (C=O) groups excluding carboxylic acids is 2. The summed E-state index contributed by atoms with van der Waals surface area (Å²) < 4.78 is 0. The van der Waals surface area contributed by atoms with Gasteiger partial charge in [-0.2, -0.15) is 0 Å². The summed E-state index contributed by atoms with van der Waals surface area (Å²) >= 11 is 7.03. The summed E-state index contributed by atoms with van der Waals surface area (Å²) in [7, 11) is 0. The van der Waals surface area contributed by atoms with Crippen LogP contribution in [0.25, 0.3) is 5.57 Å². The van der Waals surface area contributed by atoms with Crippen molar-refractivity contribution in [3.05, 3.63) is 39.8 Å². The van der Waals surface area contributed by atoms with Gasteiger partial charge in [0.05, 0.1) is 10.5 Å². The van der Waals surface area contributed by atoms with Crippen molar-refractivity contribution >= 4 is 40.8 Å². The van der Waals surface area contributed by atoms with Crippen LogP contribution in [0.5, 0.6) is 0 Å². The zero-order valence-corrected chi connectivity index (χ0v) is 9.98. The Kier molecular flexibility index (Phi) is 3.03. The van der Waals surface area contributed by atoms with Crippen LogP contribution in [-0.4, -0.2) is 18.1 Å². The SMILES string of the molecule is CSC1=C(c2ccc(Cl)cc2)C(=O)NC1=O. The minimum absolute atomic E-state index is 0.331. The number of amides is 2. The summed E-state index contributed by atoms with van der Waals surface area (Å²) in [5.74, 6) is -0.681. The van der Waals surface area contributed by atoms with Crippen molar-refractivity contribution in [1.29, 1.82) is 0 Å². The lowest BCUT2D eigenvalue weighted by atomic mass is 10.1. The van der Waals surface area contributed by atoms with Gasteiger partial charge in [-0.25, -0.2) is 0 Å². The molecule has 0 bridgehead atoms. The van der Waals surface area contributed by atoms with Crippen LogP contribution >= 0.6 is 23.4 Å². The molecule has 1 aromatic carbocycles. The number of hydrogen-bond acceptors (Lipinski definition) is 3. The number of hydrogen-bond donors (Lipinski definition) is 1. The summed E-state index contributed by atoms with van der Waals surface area (Å²) in [6.07, 6.45) is 1.77. The van der Waals surface area contributed by atoms with Gasteiger partial charge in [0.25, 0.3) is 11.8 Å². The molecule has 1 aliphatic heterocycles. The van der Waals surface area contributed by atoms with E-state index in [0.29, 0.717) is 21.1 Å². The molecule has 0 fully saturated rings. The molecule has 5 heteroatoms. The molecule has 3 nitrogen and oxygen atoms in total. The van der Waals surface area contributed by atoms with Crippen molar-refractivity contribution in [2.75, 3.05) is 6.26 Å². The molecular formula is C11H8ClNO2S. The number of thioether (sulfide) groups is 1. The van der Waals surface area contributed by atoms with Crippen LogP contribution in [0, 0.1) is 0 Å². The van der Waals surface area contributed by atoms with E-state index in [1.165, 1.54) is 11.8 Å². The number of benzene rings is 1. The molecule has 1 N–H and O–H groups in total. The summed E-state index contributed by atoms with van der Waals surface area (Å²) in [6, 6.07) is 6.84. The maximum atomic E-state index is 11.6. The van der Waals surface area contributed by atoms with Gasteiger partial charge in [-0.1, -0.05) is 23.7 Å². The summed E-state index contributed by atoms with van der Waals surface area (Å²) in [5.41, 5.74) is 1.13. The first kappa shape index (κ1) is 11.2. The van der Waals surface area contributed by atoms with Crippen LogP contribution in [-0.2, 0) is 9.59 Å². The highest BCUT2D eigenvalue weighted by atomic mass is 35.5. The Balaban J connectivity index is 2.53. The topological polar surface area (TPSA) is 46.2 Å². The third-order valence-electron chi connectivity index (χ3n) is 2.22. The van der Waals surface area contributed by atoms with Crippen LogP contribution in [0.3, 0.4) is 0 Å². The van der Waals surface area contributed by atoms with Crippen molar-refractivity contribution in [3.8, 4) is 0 Å². The van der Waals surface area contributed by atoms with Gasteiger partial charge in [-0.15, -0.1) is 11.8 Å². The van der Waals surface area contributed by atoms with Gasteiger partial charge in [-0.05, 0) is 24.0 Å². The van der Waals surface area contributed by atoms with Gasteiger partial charge >= 0.3 is 0 Å². The lowest BCUT2D eigenvalue weighted by Crippen LogP contribution is -2.22. The molecule has 0 unspecified atom stereocenters. The second kappa shape index (κ2) is 4.31. The highest BCUT2D eigenvalue weighted by Crippen LogP contribution is 2.30. The highest BCUT2D eigenvalue weighted by Gasteiger charge is 2.30. The highest BCUT2D eigenvalue weighted by molar-refractivity contribution is 8.03. The van der Waals surface area contributed by atoms with Gasteiger partial charge in [0, 0.05) is 5.02 Å². The molecule has 2 amide bonds. The lowest BCUT2D eigenvalue weighted by molar-refractivity contribution is -0.123. The van der Waals surface area contributed by atoms with Gasteiger partial charge in [0.15, 0.2) is 0 Å². The zero-order valence-electron chi connectivity index (χ0n) is 8.41. The number of imide groups is 1. The summed E-state index contributed by atoms with van der Waals surface area (Å²) in [4.78, 5) is 23.5. The average molecular weight is 254 g/mol. The number of halogens is 1. The van der Waals surface area contributed by atoms with Gasteiger partial charge < -0.3 is 0 Å². The van der Waals surface area contributed by atoms with Crippen LogP contribution in [0.2, 0.25) is 5.02 Å². The molecule has 0 radical (unpaired) electrons. The molecule has 0 spiro atoms. The first-order valence-electron chi connectivity index (χ1n) is 4.53. The van der Waals surface area contributed by atoms with E-state index in [0.717, 1.165) is 0 Å². The molecule has 0 aliphatic carbocycles. The Labute approximate surface area is 102 Å². The molecule has 1 aliphatic rings. The fourth-order valence-electron chi connectivity index (χ4n) is 1.51. The van der Waals surface area contributed by atoms with E-state index in [1.807, 2.05) is 0 Å². The second-order valence-electron chi connectivity index (χ2n) is 3.20. The summed E-state index contributed by atoms with van der Waals surface area (Å²) in [5, 5.41) is 2.87. The monoisotopic (exact) mass is 253 g/mol. The normalized spacial score (nSPS) is 15.6. The molecule has 1 heterocycles. The molecule has 82 valence electrons. The molecule has 1 aromatic rings. The van der Waals surface area contributed by atoms with Crippen LogP contribution in [0.1, 0.15) is 5.56 Å². The Morgan fingerprint density at radius 3 is 2.31 bits per heavy atom. The predicted molar refractivity (Wildman–Crippen MR) is 65.0 cm³/mol. The van der Waals surface area contributed by atoms with E-state index in [4.69, 9.17) is 11.6 Å². The van der Waals surface area contributed by atoms with E-state index in [2.05, 4.69) is 5.32 Å². The smallest absolute Gasteiger partial charge is 0.265 e. The maximum Gasteiger partial charge on any atom is 0.265 e. The fraction of sp³-hybridized carbons (Fsp3) is 0.0909. The van der Waals surface area contributed by atoms with Gasteiger partial charge in [0.2, 0.25) is 0 Å². The minimum atomic E-state index is -0.350. The molecule has 0 saturated heterocycles. The first-order chi connectivity index (χ1) is 7.63. The average Bonchev–Trinajstić information content (AvgIpc) is 2.54. The molecular weight excluding hydrogens is 246 g/mol. The summed E-state index contributed by atoms with van der Waals surface area (Å²) in [6.45, 7) is 0. The van der Waals surface area contributed by atoms with Gasteiger partial charge in [-0.3, -0.25) is 14.9 Å². The zero-order chi connectivity index (χ0) is 11.7. The largest absolute Gasteiger partial charge is 0.288 e. The number of carbonyl (C=O) groups is 2. The molecule has 2 rings (SSSR count). The second-order valence-corrected chi connectivity index (χ2v) is 4.45. The van der Waals surface area contributed by atoms with E-state index < -0.39 is 0 Å². The standard InChI is InChI=1S/C11H8ClNO2S/c1-16-9-8(10(14)13-11(9)15)6-2-4-7(12)5-3-6/h2-5H,1H3,(H,13,14,15). The molecule has 0 atom stereocenters. The molecule has 0 aromatic heterocycles.